The van der Waals surface area contributed by atoms with Crippen LogP contribution in [0.15, 0.2) is 76.7 Å². The van der Waals surface area contributed by atoms with Gasteiger partial charge in [0.15, 0.2) is 16.7 Å². The topological polar surface area (TPSA) is 122 Å². The largest absolute Gasteiger partial charge is 0.454 e. The van der Waals surface area contributed by atoms with Crippen LogP contribution in [-0.4, -0.2) is 51.7 Å². The minimum absolute atomic E-state index is 0.117. The Hall–Kier alpha value is -4.64. The number of aliphatic imine (C=N–C) groups is 2. The second-order valence-electron chi connectivity index (χ2n) is 10.1. The summed E-state index contributed by atoms with van der Waals surface area (Å²) >= 11 is 1.22. The molecule has 0 bridgehead atoms. The number of hydrogen-bond acceptors (Lipinski definition) is 8. The lowest BCUT2D eigenvalue weighted by Crippen LogP contribution is -2.43. The average molecular weight is 584 g/mol. The lowest BCUT2D eigenvalue weighted by atomic mass is 10.1. The first-order valence-corrected chi connectivity index (χ1v) is 14.6. The molecule has 3 aliphatic rings. The second kappa shape index (κ2) is 11.7. The summed E-state index contributed by atoms with van der Waals surface area (Å²) in [6.45, 7) is 4.33. The molecule has 3 heterocycles. The lowest BCUT2D eigenvalue weighted by Gasteiger charge is -2.27. The molecular formula is C31H29N5O5S. The number of fused-ring (bicyclic) bond motifs is 4. The predicted molar refractivity (Wildman–Crippen MR) is 161 cm³/mol. The highest BCUT2D eigenvalue weighted by molar-refractivity contribution is 8.15. The average Bonchev–Trinajstić information content (AvgIpc) is 3.59. The molecule has 0 saturated carbocycles. The van der Waals surface area contributed by atoms with Gasteiger partial charge in [0.05, 0.1) is 17.4 Å². The van der Waals surface area contributed by atoms with E-state index in [2.05, 4.69) is 15.6 Å². The number of aryl methyl sites for hydroxylation is 1. The third kappa shape index (κ3) is 5.60. The first kappa shape index (κ1) is 27.5. The van der Waals surface area contributed by atoms with Crippen LogP contribution in [0.4, 0.5) is 11.4 Å². The smallest absolute Gasteiger partial charge is 0.259 e. The molecule has 10 nitrogen and oxygen atoms in total. The van der Waals surface area contributed by atoms with Gasteiger partial charge in [-0.3, -0.25) is 19.4 Å². The van der Waals surface area contributed by atoms with E-state index < -0.39 is 11.3 Å². The molecule has 0 fully saturated rings. The highest BCUT2D eigenvalue weighted by atomic mass is 32.2. The molecule has 42 heavy (non-hydrogen) atoms. The van der Waals surface area contributed by atoms with E-state index in [0.717, 1.165) is 11.1 Å². The normalized spacial score (nSPS) is 17.1. The molecule has 2 atom stereocenters. The molecule has 11 heteroatoms. The van der Waals surface area contributed by atoms with Gasteiger partial charge in [-0.2, -0.15) is 0 Å². The molecule has 3 amide bonds. The third-order valence-corrected chi connectivity index (χ3v) is 8.37. The van der Waals surface area contributed by atoms with E-state index in [1.165, 1.54) is 16.7 Å². The van der Waals surface area contributed by atoms with Crippen LogP contribution in [0.1, 0.15) is 36.5 Å². The molecule has 0 unspecified atom stereocenters. The monoisotopic (exact) mass is 583 g/mol. The van der Waals surface area contributed by atoms with Crippen LogP contribution in [0.5, 0.6) is 11.5 Å². The van der Waals surface area contributed by atoms with Crippen LogP contribution in [0, 0.1) is 6.92 Å². The second-order valence-corrected chi connectivity index (χ2v) is 11.3. The van der Waals surface area contributed by atoms with Gasteiger partial charge < -0.3 is 20.1 Å². The first-order chi connectivity index (χ1) is 20.4. The molecule has 3 aliphatic heterocycles. The molecule has 0 aliphatic carbocycles. The van der Waals surface area contributed by atoms with Gasteiger partial charge in [0.25, 0.3) is 5.91 Å². The SMILES string of the molecule is CC[C@H](SC1=Nc2ccccc2C2=N[C@H](CC(=O)NCc3ccc4c(c3)OCO4)C(=O)N12)C(=O)Nc1cccc(C)c1. The summed E-state index contributed by atoms with van der Waals surface area (Å²) in [5, 5.41) is 5.70. The Kier molecular flexibility index (Phi) is 7.66. The van der Waals surface area contributed by atoms with Crippen molar-refractivity contribution in [2.75, 3.05) is 12.1 Å². The molecular weight excluding hydrogens is 554 g/mol. The molecule has 0 saturated heterocycles. The van der Waals surface area contributed by atoms with E-state index >= 15 is 0 Å². The van der Waals surface area contributed by atoms with Crippen molar-refractivity contribution < 1.29 is 23.9 Å². The minimum Gasteiger partial charge on any atom is -0.454 e. The third-order valence-electron chi connectivity index (χ3n) is 7.05. The molecule has 2 N–H and O–H groups in total. The number of ether oxygens (including phenoxy) is 2. The van der Waals surface area contributed by atoms with Crippen LogP contribution in [0.2, 0.25) is 0 Å². The Morgan fingerprint density at radius 2 is 1.90 bits per heavy atom. The Morgan fingerprint density at radius 1 is 1.07 bits per heavy atom. The summed E-state index contributed by atoms with van der Waals surface area (Å²) in [7, 11) is 0. The summed E-state index contributed by atoms with van der Waals surface area (Å²) in [5.41, 5.74) is 3.96. The van der Waals surface area contributed by atoms with E-state index in [0.29, 0.717) is 45.9 Å². The number of carbonyl (C=O) groups is 3. The van der Waals surface area contributed by atoms with Crippen molar-refractivity contribution in [3.05, 3.63) is 83.4 Å². The number of nitrogens with one attached hydrogen (secondary N) is 2. The zero-order valence-electron chi connectivity index (χ0n) is 23.1. The zero-order valence-corrected chi connectivity index (χ0v) is 23.9. The number of para-hydroxylation sites is 1. The molecule has 0 spiro atoms. The zero-order chi connectivity index (χ0) is 29.2. The summed E-state index contributed by atoms with van der Waals surface area (Å²) in [5.74, 6) is 0.908. The van der Waals surface area contributed by atoms with Crippen LogP contribution in [-0.2, 0) is 20.9 Å². The lowest BCUT2D eigenvalue weighted by molar-refractivity contribution is -0.128. The number of rotatable bonds is 8. The molecule has 3 aromatic rings. The number of nitrogens with zero attached hydrogens (tertiary/aromatic N) is 3. The number of thioether (sulfide) groups is 1. The van der Waals surface area contributed by atoms with E-state index in [9.17, 15) is 14.4 Å². The maximum Gasteiger partial charge on any atom is 0.259 e. The Bertz CT molecular complexity index is 1640. The van der Waals surface area contributed by atoms with Gasteiger partial charge in [0.1, 0.15) is 11.9 Å². The molecule has 214 valence electrons. The van der Waals surface area contributed by atoms with Gasteiger partial charge in [0.2, 0.25) is 18.6 Å². The highest BCUT2D eigenvalue weighted by Crippen LogP contribution is 2.36. The number of carbonyl (C=O) groups excluding carboxylic acids is 3. The summed E-state index contributed by atoms with van der Waals surface area (Å²) in [4.78, 5) is 50.7. The predicted octanol–water partition coefficient (Wildman–Crippen LogP) is 4.54. The number of amidine groups is 2. The Morgan fingerprint density at radius 3 is 2.74 bits per heavy atom. The van der Waals surface area contributed by atoms with Crippen molar-refractivity contribution in [3.8, 4) is 11.5 Å². The van der Waals surface area contributed by atoms with Gasteiger partial charge in [-0.15, -0.1) is 0 Å². The summed E-state index contributed by atoms with van der Waals surface area (Å²) in [6, 6.07) is 19.6. The van der Waals surface area contributed by atoms with Crippen LogP contribution >= 0.6 is 11.8 Å². The fraction of sp³-hybridized carbons (Fsp3) is 0.258. The van der Waals surface area contributed by atoms with Crippen molar-refractivity contribution in [2.24, 2.45) is 9.98 Å². The molecule has 0 radical (unpaired) electrons. The van der Waals surface area contributed by atoms with Gasteiger partial charge in [0, 0.05) is 17.8 Å². The fourth-order valence-electron chi connectivity index (χ4n) is 4.91. The van der Waals surface area contributed by atoms with Crippen molar-refractivity contribution in [3.63, 3.8) is 0 Å². The van der Waals surface area contributed by atoms with Crippen molar-refractivity contribution >= 4 is 51.9 Å². The van der Waals surface area contributed by atoms with E-state index in [1.807, 2.05) is 74.5 Å². The van der Waals surface area contributed by atoms with E-state index in [4.69, 9.17) is 14.5 Å². The first-order valence-electron chi connectivity index (χ1n) is 13.7. The molecule has 6 rings (SSSR count). The Balaban J connectivity index is 1.17. The van der Waals surface area contributed by atoms with Gasteiger partial charge in [-0.1, -0.05) is 49.0 Å². The highest BCUT2D eigenvalue weighted by Gasteiger charge is 2.43. The number of benzene rings is 3. The molecule has 0 aromatic heterocycles. The number of amides is 3. The van der Waals surface area contributed by atoms with Crippen molar-refractivity contribution in [2.45, 2.75) is 44.5 Å². The van der Waals surface area contributed by atoms with Gasteiger partial charge >= 0.3 is 0 Å². The van der Waals surface area contributed by atoms with E-state index in [-0.39, 0.29) is 37.5 Å². The van der Waals surface area contributed by atoms with Crippen molar-refractivity contribution in [1.82, 2.24) is 10.2 Å². The summed E-state index contributed by atoms with van der Waals surface area (Å²) in [6.07, 6.45) is 0.401. The van der Waals surface area contributed by atoms with Gasteiger partial charge in [-0.05, 0) is 60.9 Å². The van der Waals surface area contributed by atoms with Gasteiger partial charge in [-0.25, -0.2) is 9.89 Å². The Labute approximate surface area is 247 Å². The quantitative estimate of drug-likeness (QED) is 0.402. The maximum atomic E-state index is 13.7. The maximum absolute atomic E-state index is 13.7. The van der Waals surface area contributed by atoms with Crippen LogP contribution in [0.25, 0.3) is 0 Å². The van der Waals surface area contributed by atoms with E-state index in [1.54, 1.807) is 6.07 Å². The number of anilines is 1. The summed E-state index contributed by atoms with van der Waals surface area (Å²) < 4.78 is 10.7. The minimum atomic E-state index is -0.907. The fourth-order valence-corrected chi connectivity index (χ4v) is 5.93. The standard InChI is InChI=1S/C31H29N5O5S/c1-3-26(29(38)33-20-8-6-7-18(2)13-20)42-31-35-22-10-5-4-9-21(22)28-34-23(30(39)36(28)31)15-27(37)32-16-19-11-12-24-25(14-19)41-17-40-24/h4-14,23,26H,3,15-17H2,1-2H3,(H,32,37)(H,33,38)/t23-,26+/m1/s1. The van der Waals surface area contributed by atoms with Crippen LogP contribution < -0.4 is 20.1 Å². The van der Waals surface area contributed by atoms with Crippen molar-refractivity contribution in [1.29, 1.82) is 0 Å². The number of hydrogen-bond donors (Lipinski definition) is 2. The molecule has 3 aromatic carbocycles. The van der Waals surface area contributed by atoms with Crippen LogP contribution in [0.3, 0.4) is 0 Å².